The molecule has 0 saturated heterocycles. The van der Waals surface area contributed by atoms with Crippen LogP contribution in [0.5, 0.6) is 11.5 Å². The summed E-state index contributed by atoms with van der Waals surface area (Å²) in [5.41, 5.74) is 2.06. The van der Waals surface area contributed by atoms with Crippen LogP contribution in [0.4, 0.5) is 0 Å². The van der Waals surface area contributed by atoms with Gasteiger partial charge in [-0.15, -0.1) is 4.52 Å². The molecule has 0 spiro atoms. The van der Waals surface area contributed by atoms with Crippen LogP contribution in [0.15, 0.2) is 48.8 Å². The molecule has 1 aromatic carbocycles. The number of rotatable bonds is 34. The quantitative estimate of drug-likeness (QED) is 0.0213. The summed E-state index contributed by atoms with van der Waals surface area (Å²) in [7, 11) is -11.7. The van der Waals surface area contributed by atoms with Crippen LogP contribution in [0, 0.1) is 23.7 Å². The summed E-state index contributed by atoms with van der Waals surface area (Å²) in [6.45, 7) is 7.11. The number of benzene rings is 1. The maximum Gasteiger partial charge on any atom is 0.524 e. The Morgan fingerprint density at radius 2 is 1.16 bits per heavy atom. The Morgan fingerprint density at radius 3 is 1.64 bits per heavy atom. The highest BCUT2D eigenvalue weighted by Crippen LogP contribution is 2.48. The average Bonchev–Trinajstić information content (AvgIpc) is 3.99. The fraction of sp³-hybridized carbons (Fsp3) is 0.522. The number of methoxy groups -OCH3 is 2. The number of hydrogen-bond donors (Lipinski definition) is 4. The van der Waals surface area contributed by atoms with Gasteiger partial charge in [0, 0.05) is 70.2 Å². The van der Waals surface area contributed by atoms with Crippen molar-refractivity contribution in [2.45, 2.75) is 66.5 Å². The van der Waals surface area contributed by atoms with Crippen molar-refractivity contribution in [1.82, 2.24) is 34.3 Å². The molecule has 28 heteroatoms. The van der Waals surface area contributed by atoms with Crippen molar-refractivity contribution in [3.05, 3.63) is 76.9 Å². The van der Waals surface area contributed by atoms with Crippen molar-refractivity contribution in [3.63, 3.8) is 0 Å². The van der Waals surface area contributed by atoms with E-state index < -0.39 is 55.6 Å². The smallest absolute Gasteiger partial charge is 0.490 e. The number of carboxylic acid groups (broad SMARTS) is 1. The zero-order chi connectivity index (χ0) is 54.2. The molecule has 0 aliphatic rings. The third kappa shape index (κ3) is 22.3. The van der Waals surface area contributed by atoms with E-state index in [0.29, 0.717) is 58.8 Å². The first-order valence-corrected chi connectivity index (χ1v) is 30.1. The molecular weight excluding hydrogens is 1050 g/mol. The Morgan fingerprint density at radius 1 is 0.676 bits per heavy atom. The lowest BCUT2D eigenvalue weighted by atomic mass is 10.1. The number of carbonyl (C=O) groups is 1. The van der Waals surface area contributed by atoms with Crippen LogP contribution < -0.4 is 9.47 Å². The molecule has 0 amide bonds. The van der Waals surface area contributed by atoms with Crippen molar-refractivity contribution in [2.24, 2.45) is 0 Å². The average molecular weight is 1110 g/mol. The van der Waals surface area contributed by atoms with E-state index in [-0.39, 0.29) is 90.3 Å². The van der Waals surface area contributed by atoms with Crippen LogP contribution in [-0.4, -0.2) is 152 Å². The van der Waals surface area contributed by atoms with Crippen LogP contribution in [0.2, 0.25) is 0 Å². The van der Waals surface area contributed by atoms with Gasteiger partial charge < -0.3 is 52.3 Å². The number of hydrogen-bond acceptors (Lipinski definition) is 18. The van der Waals surface area contributed by atoms with Crippen LogP contribution in [0.25, 0.3) is 11.6 Å². The molecule has 0 aliphatic heterocycles. The molecule has 0 bridgehead atoms. The second-order valence-electron chi connectivity index (χ2n) is 15.9. The fourth-order valence-corrected chi connectivity index (χ4v) is 11.6. The van der Waals surface area contributed by atoms with E-state index in [2.05, 4.69) is 28.8 Å². The van der Waals surface area contributed by atoms with Gasteiger partial charge in [-0.05, 0) is 69.4 Å². The second kappa shape index (κ2) is 31.4. The molecule has 4 aromatic rings. The molecule has 0 aliphatic carbocycles. The molecule has 4 unspecified atom stereocenters. The van der Waals surface area contributed by atoms with Crippen LogP contribution in [-0.2, 0) is 63.7 Å². The first kappa shape index (κ1) is 61.9. The number of ether oxygens (including phenoxy) is 4. The Hall–Kier alpha value is -4.67. The molecule has 74 heavy (non-hydrogen) atoms. The van der Waals surface area contributed by atoms with Gasteiger partial charge in [-0.3, -0.25) is 23.4 Å². The number of pyridine rings is 1. The molecule has 0 fully saturated rings. The van der Waals surface area contributed by atoms with Crippen molar-refractivity contribution in [3.8, 4) is 46.8 Å². The Balaban J connectivity index is 1.85. The second-order valence-corrected chi connectivity index (χ2v) is 22.5. The van der Waals surface area contributed by atoms with E-state index in [1.54, 1.807) is 90.7 Å². The number of nitrogens with zero attached hydrogens (tertiary/aromatic N) is 7. The first-order chi connectivity index (χ1) is 35.3. The van der Waals surface area contributed by atoms with Crippen molar-refractivity contribution < 1.29 is 79.9 Å². The predicted molar refractivity (Wildman–Crippen MR) is 273 cm³/mol. The fourth-order valence-electron chi connectivity index (χ4n) is 6.79. The molecular formula is C46H66N7O17P4+. The maximum atomic E-state index is 12.9. The van der Waals surface area contributed by atoms with E-state index >= 15 is 0 Å². The van der Waals surface area contributed by atoms with Gasteiger partial charge in [0.15, 0.2) is 11.6 Å². The van der Waals surface area contributed by atoms with Gasteiger partial charge in [0.1, 0.15) is 43.6 Å². The molecule has 3 heterocycles. The minimum atomic E-state index is -4.23. The van der Waals surface area contributed by atoms with Gasteiger partial charge >= 0.3 is 36.8 Å². The zero-order valence-electron chi connectivity index (χ0n) is 42.4. The SMILES string of the molecule is CCO[P+](=O)CN(Cc1ccn(-c2cc(C#Cc3cc(OCCOC)c(C#CCCCCC(=O)O)cc3OCCOC)cc(-n3ccc(CN(CP(=O)(O)OCC)CP(=O)(O)OCC)n3)n2)n1)CP(=O)(O)OCC. The lowest BCUT2D eigenvalue weighted by Gasteiger charge is -2.25. The minimum absolute atomic E-state index is 0.0152. The van der Waals surface area contributed by atoms with Gasteiger partial charge in [-0.1, -0.05) is 23.7 Å². The summed E-state index contributed by atoms with van der Waals surface area (Å²) in [6, 6.07) is 9.97. The monoisotopic (exact) mass is 1110 g/mol. The van der Waals surface area contributed by atoms with Crippen LogP contribution in [0.3, 0.4) is 0 Å². The van der Waals surface area contributed by atoms with Gasteiger partial charge in [0.05, 0.1) is 62.2 Å². The summed E-state index contributed by atoms with van der Waals surface area (Å²) < 4.78 is 97.3. The Bertz CT molecular complexity index is 2710. The van der Waals surface area contributed by atoms with Crippen LogP contribution in [0.1, 0.15) is 81.5 Å². The summed E-state index contributed by atoms with van der Waals surface area (Å²) in [5.74, 6) is 13.0. The first-order valence-electron chi connectivity index (χ1n) is 23.5. The third-order valence-corrected chi connectivity index (χ3v) is 15.2. The van der Waals surface area contributed by atoms with Crippen molar-refractivity contribution >= 4 is 36.8 Å². The van der Waals surface area contributed by atoms with E-state index in [9.17, 15) is 37.7 Å². The predicted octanol–water partition coefficient (Wildman–Crippen LogP) is 6.78. The summed E-state index contributed by atoms with van der Waals surface area (Å²) >= 11 is 0. The van der Waals surface area contributed by atoms with Gasteiger partial charge in [-0.2, -0.15) is 10.2 Å². The van der Waals surface area contributed by atoms with Crippen molar-refractivity contribution in [2.75, 3.05) is 92.2 Å². The standard InChI is InChI=1S/C46H65N7O17P4/c1-7-67-71(56)33-50(34-72(57,58)68-8-2)31-40-19-21-52(48-40)44-27-37(28-45(47-44)53-22-20-41(49-53)32-51(35-73(59,60)69-9-3)36-74(61,62)70-10-4)17-18-39-30-42(65-25-23-63-5)38(29-43(39)66-26-24-64-6)15-13-11-12-14-16-46(54)55/h19-22,27-30H,7-12,14,16,23-26,31-36H2,1-6H3,(H3-,54,55,57,58,59,60,61,62)/p+1. The molecule has 3 aromatic heterocycles. The largest absolute Gasteiger partial charge is 0.524 e. The molecule has 24 nitrogen and oxygen atoms in total. The van der Waals surface area contributed by atoms with E-state index in [4.69, 9.17) is 52.2 Å². The third-order valence-electron chi connectivity index (χ3n) is 9.72. The Kier molecular flexibility index (Phi) is 26.3. The van der Waals surface area contributed by atoms with E-state index in [0.717, 1.165) is 0 Å². The molecule has 4 rings (SSSR count). The topological polar surface area (TPSA) is 295 Å². The number of aromatic nitrogens is 5. The van der Waals surface area contributed by atoms with E-state index in [1.807, 2.05) is 0 Å². The number of carboxylic acids is 1. The summed E-state index contributed by atoms with van der Waals surface area (Å²) in [5, 5.41) is 18.4. The molecule has 406 valence electrons. The van der Waals surface area contributed by atoms with Crippen molar-refractivity contribution in [1.29, 1.82) is 0 Å². The minimum Gasteiger partial charge on any atom is -0.490 e. The zero-order valence-corrected chi connectivity index (χ0v) is 45.9. The highest BCUT2D eigenvalue weighted by atomic mass is 31.2. The highest BCUT2D eigenvalue weighted by Gasteiger charge is 2.32. The molecule has 4 atom stereocenters. The lowest BCUT2D eigenvalue weighted by Crippen LogP contribution is -2.27. The van der Waals surface area contributed by atoms with Gasteiger partial charge in [-0.25, -0.2) is 19.2 Å². The maximum absolute atomic E-state index is 12.9. The molecule has 4 N–H and O–H groups in total. The number of unbranched alkanes of at least 4 members (excludes halogenated alkanes) is 2. The van der Waals surface area contributed by atoms with E-state index in [1.165, 1.54) is 19.2 Å². The summed E-state index contributed by atoms with van der Waals surface area (Å²) in [4.78, 5) is 50.1. The number of aliphatic carboxylic acids is 1. The van der Waals surface area contributed by atoms with Gasteiger partial charge in [0.25, 0.3) is 0 Å². The highest BCUT2D eigenvalue weighted by molar-refractivity contribution is 7.53. The van der Waals surface area contributed by atoms with Gasteiger partial charge in [0.2, 0.25) is 6.29 Å². The Labute approximate surface area is 432 Å². The summed E-state index contributed by atoms with van der Waals surface area (Å²) in [6.07, 6.45) is 2.94. The van der Waals surface area contributed by atoms with Crippen LogP contribution >= 0.6 is 30.8 Å². The molecule has 0 radical (unpaired) electrons. The lowest BCUT2D eigenvalue weighted by molar-refractivity contribution is -0.137. The molecule has 0 saturated carbocycles. The normalized spacial score (nSPS) is 14.1.